The van der Waals surface area contributed by atoms with E-state index in [9.17, 15) is 9.18 Å². The van der Waals surface area contributed by atoms with E-state index in [1.807, 2.05) is 6.92 Å². The maximum Gasteiger partial charge on any atom is 0.323 e. The smallest absolute Gasteiger partial charge is 0.316 e. The summed E-state index contributed by atoms with van der Waals surface area (Å²) < 4.78 is 14.0. The van der Waals surface area contributed by atoms with Crippen LogP contribution in [0.4, 0.5) is 20.6 Å². The number of halogens is 1. The molecule has 1 aliphatic rings. The average molecular weight is 357 g/mol. The lowest BCUT2D eigenvalue weighted by molar-refractivity contribution is 0.262. The number of pyridine rings is 1. The lowest BCUT2D eigenvalue weighted by Crippen LogP contribution is -2.24. The number of carbonyl (C=O) groups excluding carboxylic acids is 1. The Kier molecular flexibility index (Phi) is 6.14. The van der Waals surface area contributed by atoms with Gasteiger partial charge in [0, 0.05) is 12.2 Å². The SMILES string of the molecule is Cc1ccc(NC(=O)Nc2cc(CNC[C@@H]3CCNC3)ccc2F)cn1. The maximum atomic E-state index is 14.0. The number of rotatable bonds is 6. The van der Waals surface area contributed by atoms with Crippen LogP contribution in [-0.2, 0) is 6.54 Å². The lowest BCUT2D eigenvalue weighted by atomic mass is 10.1. The molecule has 0 spiro atoms. The molecule has 4 N–H and O–H groups in total. The predicted octanol–water partition coefficient (Wildman–Crippen LogP) is 2.87. The minimum atomic E-state index is -0.503. The molecule has 1 saturated heterocycles. The van der Waals surface area contributed by atoms with Gasteiger partial charge in [0.25, 0.3) is 0 Å². The lowest BCUT2D eigenvalue weighted by Gasteiger charge is -2.12. The number of amides is 2. The second-order valence-corrected chi connectivity index (χ2v) is 6.57. The van der Waals surface area contributed by atoms with E-state index in [-0.39, 0.29) is 5.69 Å². The van der Waals surface area contributed by atoms with Gasteiger partial charge in [-0.15, -0.1) is 0 Å². The van der Waals surface area contributed by atoms with E-state index in [0.717, 1.165) is 30.9 Å². The summed E-state index contributed by atoms with van der Waals surface area (Å²) in [5.74, 6) is 0.174. The molecule has 3 rings (SSSR count). The summed E-state index contributed by atoms with van der Waals surface area (Å²) in [5.41, 5.74) is 2.49. The average Bonchev–Trinajstić information content (AvgIpc) is 3.13. The van der Waals surface area contributed by atoms with Crippen LogP contribution < -0.4 is 21.3 Å². The Bertz CT molecular complexity index is 744. The van der Waals surface area contributed by atoms with Gasteiger partial charge >= 0.3 is 6.03 Å². The molecule has 0 aliphatic carbocycles. The van der Waals surface area contributed by atoms with Crippen molar-refractivity contribution in [2.24, 2.45) is 5.92 Å². The molecule has 0 bridgehead atoms. The fourth-order valence-electron chi connectivity index (χ4n) is 2.91. The monoisotopic (exact) mass is 357 g/mol. The second kappa shape index (κ2) is 8.73. The Morgan fingerprint density at radius 3 is 2.92 bits per heavy atom. The summed E-state index contributed by atoms with van der Waals surface area (Å²) in [6.45, 7) is 5.53. The van der Waals surface area contributed by atoms with E-state index in [2.05, 4.69) is 26.3 Å². The van der Waals surface area contributed by atoms with Gasteiger partial charge in [0.05, 0.1) is 17.6 Å². The summed E-state index contributed by atoms with van der Waals surface area (Å²) in [5, 5.41) is 11.9. The molecular weight excluding hydrogens is 333 g/mol. The van der Waals surface area contributed by atoms with E-state index in [4.69, 9.17) is 0 Å². The Labute approximate surface area is 152 Å². The Hall–Kier alpha value is -2.51. The predicted molar refractivity (Wildman–Crippen MR) is 101 cm³/mol. The van der Waals surface area contributed by atoms with Crippen molar-refractivity contribution in [2.45, 2.75) is 19.9 Å². The number of nitrogens with one attached hydrogen (secondary N) is 4. The van der Waals surface area contributed by atoms with Crippen molar-refractivity contribution < 1.29 is 9.18 Å². The molecule has 2 amide bonds. The van der Waals surface area contributed by atoms with Gasteiger partial charge in [0.2, 0.25) is 0 Å². The first-order valence-electron chi connectivity index (χ1n) is 8.80. The molecule has 1 aliphatic heterocycles. The van der Waals surface area contributed by atoms with Gasteiger partial charge in [-0.2, -0.15) is 0 Å². The van der Waals surface area contributed by atoms with Gasteiger partial charge in [-0.25, -0.2) is 9.18 Å². The number of carbonyl (C=O) groups is 1. The molecule has 2 aromatic rings. The summed E-state index contributed by atoms with van der Waals surface area (Å²) in [7, 11) is 0. The number of benzene rings is 1. The van der Waals surface area contributed by atoms with Crippen molar-refractivity contribution in [3.05, 3.63) is 53.6 Å². The zero-order valence-corrected chi connectivity index (χ0v) is 14.8. The molecule has 1 fully saturated rings. The van der Waals surface area contributed by atoms with Crippen LogP contribution in [0.25, 0.3) is 0 Å². The van der Waals surface area contributed by atoms with Crippen molar-refractivity contribution in [3.8, 4) is 0 Å². The van der Waals surface area contributed by atoms with Crippen molar-refractivity contribution in [2.75, 3.05) is 30.3 Å². The topological polar surface area (TPSA) is 78.1 Å². The van der Waals surface area contributed by atoms with Crippen LogP contribution in [0.2, 0.25) is 0 Å². The third-order valence-corrected chi connectivity index (χ3v) is 4.37. The van der Waals surface area contributed by atoms with Crippen LogP contribution in [0, 0.1) is 18.7 Å². The number of aromatic nitrogens is 1. The molecule has 6 nitrogen and oxygen atoms in total. The van der Waals surface area contributed by atoms with Gasteiger partial charge in [-0.3, -0.25) is 4.98 Å². The fraction of sp³-hybridized carbons (Fsp3) is 0.368. The van der Waals surface area contributed by atoms with Gasteiger partial charge in [-0.1, -0.05) is 6.07 Å². The first-order valence-corrected chi connectivity index (χ1v) is 8.80. The summed E-state index contributed by atoms with van der Waals surface area (Å²) in [6.07, 6.45) is 2.74. The van der Waals surface area contributed by atoms with Crippen molar-refractivity contribution >= 4 is 17.4 Å². The van der Waals surface area contributed by atoms with Crippen LogP contribution in [0.1, 0.15) is 17.7 Å². The summed E-state index contributed by atoms with van der Waals surface area (Å²) in [4.78, 5) is 16.2. The molecule has 26 heavy (non-hydrogen) atoms. The first kappa shape index (κ1) is 18.3. The maximum absolute atomic E-state index is 14.0. The molecule has 1 aromatic carbocycles. The van der Waals surface area contributed by atoms with Crippen LogP contribution in [0.15, 0.2) is 36.5 Å². The van der Waals surface area contributed by atoms with E-state index >= 15 is 0 Å². The van der Waals surface area contributed by atoms with Crippen molar-refractivity contribution in [3.63, 3.8) is 0 Å². The normalized spacial score (nSPS) is 16.5. The van der Waals surface area contributed by atoms with E-state index in [1.54, 1.807) is 30.5 Å². The van der Waals surface area contributed by atoms with Gasteiger partial charge in [0.1, 0.15) is 5.82 Å². The Morgan fingerprint density at radius 2 is 2.19 bits per heavy atom. The zero-order chi connectivity index (χ0) is 18.4. The van der Waals surface area contributed by atoms with E-state index in [0.29, 0.717) is 18.2 Å². The molecule has 7 heteroatoms. The third kappa shape index (κ3) is 5.24. The number of aryl methyl sites for hydroxylation is 1. The Morgan fingerprint density at radius 1 is 1.31 bits per heavy atom. The highest BCUT2D eigenvalue weighted by molar-refractivity contribution is 5.99. The number of nitrogens with zero attached hydrogens (tertiary/aromatic N) is 1. The number of hydrogen-bond acceptors (Lipinski definition) is 4. The van der Waals surface area contributed by atoms with Crippen LogP contribution in [-0.4, -0.2) is 30.6 Å². The number of hydrogen-bond donors (Lipinski definition) is 4. The second-order valence-electron chi connectivity index (χ2n) is 6.57. The van der Waals surface area contributed by atoms with Gasteiger partial charge in [-0.05, 0) is 68.7 Å². The Balaban J connectivity index is 1.54. The van der Waals surface area contributed by atoms with Crippen molar-refractivity contribution in [1.29, 1.82) is 0 Å². The van der Waals surface area contributed by atoms with Crippen LogP contribution >= 0.6 is 0 Å². The molecule has 138 valence electrons. The summed E-state index contributed by atoms with van der Waals surface area (Å²) in [6, 6.07) is 7.79. The minimum Gasteiger partial charge on any atom is -0.316 e. The highest BCUT2D eigenvalue weighted by atomic mass is 19.1. The highest BCUT2D eigenvalue weighted by Gasteiger charge is 2.14. The number of urea groups is 1. The highest BCUT2D eigenvalue weighted by Crippen LogP contribution is 2.17. The van der Waals surface area contributed by atoms with Crippen molar-refractivity contribution in [1.82, 2.24) is 15.6 Å². The molecule has 1 atom stereocenters. The molecular formula is C19H24FN5O. The van der Waals surface area contributed by atoms with Crippen LogP contribution in [0.3, 0.4) is 0 Å². The quantitative estimate of drug-likeness (QED) is 0.641. The first-order chi connectivity index (χ1) is 12.6. The third-order valence-electron chi connectivity index (χ3n) is 4.37. The van der Waals surface area contributed by atoms with Gasteiger partial charge in [0.15, 0.2) is 0 Å². The largest absolute Gasteiger partial charge is 0.323 e. The zero-order valence-electron chi connectivity index (χ0n) is 14.8. The van der Waals surface area contributed by atoms with E-state index in [1.165, 1.54) is 12.5 Å². The minimum absolute atomic E-state index is 0.157. The standard InChI is InChI=1S/C19H24FN5O/c1-13-2-4-16(12-23-13)24-19(26)25-18-8-14(3-5-17(18)20)9-22-11-15-6-7-21-10-15/h2-5,8,12,15,21-22H,6-7,9-11H2,1H3,(H2,24,25,26)/t15-/m1/s1. The van der Waals surface area contributed by atoms with E-state index < -0.39 is 11.8 Å². The molecule has 0 saturated carbocycles. The molecule has 0 unspecified atom stereocenters. The molecule has 2 heterocycles. The van der Waals surface area contributed by atoms with Crippen LogP contribution in [0.5, 0.6) is 0 Å². The molecule has 0 radical (unpaired) electrons. The van der Waals surface area contributed by atoms with Gasteiger partial charge < -0.3 is 21.3 Å². The fourth-order valence-corrected chi connectivity index (χ4v) is 2.91. The molecule has 1 aromatic heterocycles. The summed E-state index contributed by atoms with van der Waals surface area (Å²) >= 11 is 0. The number of anilines is 2.